The molecule has 1 aromatic carbocycles. The van der Waals surface area contributed by atoms with E-state index < -0.39 is 5.82 Å². The van der Waals surface area contributed by atoms with Gasteiger partial charge in [0.25, 0.3) is 0 Å². The number of hydrogen-bond acceptors (Lipinski definition) is 7. The zero-order valence-corrected chi connectivity index (χ0v) is 22.8. The molecule has 0 amide bonds. The average molecular weight is 515 g/mol. The van der Waals surface area contributed by atoms with Crippen LogP contribution in [0.25, 0.3) is 22.3 Å². The zero-order chi connectivity index (χ0) is 26.6. The fraction of sp³-hybridized carbons (Fsp3) is 0.448. The Morgan fingerprint density at radius 1 is 1.03 bits per heavy atom. The van der Waals surface area contributed by atoms with Crippen molar-refractivity contribution in [3.63, 3.8) is 0 Å². The van der Waals surface area contributed by atoms with Crippen LogP contribution in [0.5, 0.6) is 0 Å². The van der Waals surface area contributed by atoms with Crippen molar-refractivity contribution in [3.8, 4) is 11.3 Å². The van der Waals surface area contributed by atoms with E-state index in [0.717, 1.165) is 79.2 Å². The lowest BCUT2D eigenvalue weighted by Gasteiger charge is -2.32. The molecule has 8 nitrogen and oxygen atoms in total. The molecule has 2 aliphatic heterocycles. The highest BCUT2D eigenvalue weighted by Gasteiger charge is 2.32. The van der Waals surface area contributed by atoms with Gasteiger partial charge in [-0.05, 0) is 70.5 Å². The number of nitrogens with zero attached hydrogens (tertiary/aromatic N) is 7. The van der Waals surface area contributed by atoms with Gasteiger partial charge in [-0.15, -0.1) is 0 Å². The third-order valence-corrected chi connectivity index (χ3v) is 8.03. The largest absolute Gasteiger partial charge is 0.322 e. The summed E-state index contributed by atoms with van der Waals surface area (Å²) in [6.45, 7) is 13.7. The van der Waals surface area contributed by atoms with Crippen LogP contribution in [0.15, 0.2) is 30.5 Å². The van der Waals surface area contributed by atoms with Crippen LogP contribution in [-0.4, -0.2) is 67.5 Å². The Hall–Kier alpha value is -3.43. The molecule has 0 radical (unpaired) electrons. The number of aromatic nitrogens is 5. The summed E-state index contributed by atoms with van der Waals surface area (Å²) in [6.07, 6.45) is 3.22. The van der Waals surface area contributed by atoms with Crippen molar-refractivity contribution in [3.05, 3.63) is 58.9 Å². The summed E-state index contributed by atoms with van der Waals surface area (Å²) in [5, 5.41) is 3.18. The van der Waals surface area contributed by atoms with Crippen LogP contribution >= 0.6 is 0 Å². The van der Waals surface area contributed by atoms with E-state index in [1.807, 2.05) is 32.0 Å². The Morgan fingerprint density at radius 3 is 2.58 bits per heavy atom. The van der Waals surface area contributed by atoms with E-state index in [2.05, 4.69) is 56.6 Å². The number of pyridine rings is 1. The minimum absolute atomic E-state index is 0.0217. The normalized spacial score (nSPS) is 17.7. The first-order valence-electron chi connectivity index (χ1n) is 13.4. The molecule has 0 aliphatic carbocycles. The van der Waals surface area contributed by atoms with Gasteiger partial charge in [0.15, 0.2) is 5.82 Å². The molecular formula is C29H35FN8. The number of hydrogen-bond donors (Lipinski definition) is 1. The Morgan fingerprint density at radius 2 is 1.82 bits per heavy atom. The molecule has 3 aromatic heterocycles. The van der Waals surface area contributed by atoms with Crippen molar-refractivity contribution in [2.45, 2.75) is 52.6 Å². The van der Waals surface area contributed by atoms with Gasteiger partial charge in [-0.3, -0.25) is 4.90 Å². The van der Waals surface area contributed by atoms with Crippen LogP contribution in [0.2, 0.25) is 0 Å². The Balaban J connectivity index is 1.27. The first-order valence-corrected chi connectivity index (χ1v) is 13.4. The van der Waals surface area contributed by atoms with Crippen molar-refractivity contribution in [2.24, 2.45) is 0 Å². The molecule has 0 spiro atoms. The maximum atomic E-state index is 15.0. The van der Waals surface area contributed by atoms with Gasteiger partial charge in [0, 0.05) is 55.9 Å². The topological polar surface area (TPSA) is 75.0 Å². The number of aryl methyl sites for hydroxylation is 3. The molecule has 1 N–H and O–H groups in total. The Labute approximate surface area is 222 Å². The highest BCUT2D eigenvalue weighted by atomic mass is 19.1. The number of nitrogens with one attached hydrogen (secondary N) is 1. The number of fused-ring (bicyclic) bond motifs is 3. The van der Waals surface area contributed by atoms with Crippen LogP contribution in [-0.2, 0) is 18.5 Å². The smallest absolute Gasteiger partial charge is 0.229 e. The summed E-state index contributed by atoms with van der Waals surface area (Å²) < 4.78 is 17.3. The second-order valence-electron chi connectivity index (χ2n) is 11.4. The van der Waals surface area contributed by atoms with Crippen LogP contribution in [0.3, 0.4) is 0 Å². The number of likely N-dealkylation sites (N-methyl/N-ethyl adjacent to an activating group) is 1. The minimum atomic E-state index is -0.457. The summed E-state index contributed by atoms with van der Waals surface area (Å²) >= 11 is 0. The Bertz CT molecular complexity index is 1520. The fourth-order valence-electron chi connectivity index (χ4n) is 5.72. The van der Waals surface area contributed by atoms with Crippen LogP contribution in [0.1, 0.15) is 42.9 Å². The van der Waals surface area contributed by atoms with Crippen molar-refractivity contribution < 1.29 is 4.39 Å². The highest BCUT2D eigenvalue weighted by Crippen LogP contribution is 2.38. The predicted octanol–water partition coefficient (Wildman–Crippen LogP) is 4.82. The second-order valence-corrected chi connectivity index (χ2v) is 11.4. The molecule has 1 saturated heterocycles. The lowest BCUT2D eigenvalue weighted by molar-refractivity contribution is 0.148. The summed E-state index contributed by atoms with van der Waals surface area (Å²) in [5.41, 5.74) is 6.15. The molecule has 198 valence electrons. The molecule has 2 aliphatic rings. The first kappa shape index (κ1) is 24.9. The molecule has 0 atom stereocenters. The van der Waals surface area contributed by atoms with Crippen molar-refractivity contribution in [1.82, 2.24) is 34.3 Å². The van der Waals surface area contributed by atoms with E-state index >= 15 is 4.39 Å². The van der Waals surface area contributed by atoms with Gasteiger partial charge in [-0.2, -0.15) is 0 Å². The van der Waals surface area contributed by atoms with E-state index in [4.69, 9.17) is 9.97 Å². The van der Waals surface area contributed by atoms with Gasteiger partial charge < -0.3 is 14.8 Å². The van der Waals surface area contributed by atoms with E-state index in [1.165, 1.54) is 11.8 Å². The van der Waals surface area contributed by atoms with Crippen LogP contribution in [0.4, 0.5) is 16.2 Å². The number of imidazole rings is 1. The van der Waals surface area contributed by atoms with Crippen molar-refractivity contribution in [2.75, 3.05) is 38.5 Å². The second kappa shape index (κ2) is 9.39. The third-order valence-electron chi connectivity index (χ3n) is 8.03. The number of rotatable bonds is 5. The lowest BCUT2D eigenvalue weighted by atomic mass is 10.0. The maximum absolute atomic E-state index is 15.0. The number of benzene rings is 1. The quantitative estimate of drug-likeness (QED) is 0.409. The fourth-order valence-corrected chi connectivity index (χ4v) is 5.72. The lowest BCUT2D eigenvalue weighted by Crippen LogP contribution is -2.44. The average Bonchev–Trinajstić information content (AvgIpc) is 3.41. The summed E-state index contributed by atoms with van der Waals surface area (Å²) in [7, 11) is 2.16. The number of anilines is 2. The predicted molar refractivity (Wildman–Crippen MR) is 148 cm³/mol. The van der Waals surface area contributed by atoms with Gasteiger partial charge >= 0.3 is 0 Å². The molecule has 1 fully saturated rings. The van der Waals surface area contributed by atoms with Crippen LogP contribution < -0.4 is 5.32 Å². The van der Waals surface area contributed by atoms with Gasteiger partial charge in [0.2, 0.25) is 5.95 Å². The van der Waals surface area contributed by atoms with Gasteiger partial charge in [0.1, 0.15) is 17.3 Å². The third kappa shape index (κ3) is 4.54. The van der Waals surface area contributed by atoms with Crippen molar-refractivity contribution >= 4 is 22.8 Å². The van der Waals surface area contributed by atoms with E-state index in [-0.39, 0.29) is 11.2 Å². The van der Waals surface area contributed by atoms with E-state index in [0.29, 0.717) is 11.8 Å². The summed E-state index contributed by atoms with van der Waals surface area (Å²) in [6, 6.07) is 8.02. The summed E-state index contributed by atoms with van der Waals surface area (Å²) in [4.78, 5) is 23.2. The number of halogens is 1. The molecule has 4 aromatic rings. The first-order chi connectivity index (χ1) is 18.2. The molecule has 38 heavy (non-hydrogen) atoms. The molecule has 9 heteroatoms. The molecule has 6 rings (SSSR count). The van der Waals surface area contributed by atoms with E-state index in [9.17, 15) is 0 Å². The molecule has 5 heterocycles. The minimum Gasteiger partial charge on any atom is -0.322 e. The number of piperazine rings is 1. The highest BCUT2D eigenvalue weighted by molar-refractivity contribution is 5.86. The standard InChI is InChI=1S/C29H35FN8/c1-18-14-21(15-23-26(18)34-25-8-9-29(3,4)38(23)25)27-22(30)16-31-28(35-27)33-24-7-6-20(19(2)32-24)17-37-12-10-36(5)11-13-37/h6-7,14-16H,8-13,17H2,1-5H3,(H,31,32,33,35). The van der Waals surface area contributed by atoms with Crippen LogP contribution in [0, 0.1) is 19.7 Å². The summed E-state index contributed by atoms with van der Waals surface area (Å²) in [5.74, 6) is 1.59. The van der Waals surface area contributed by atoms with Gasteiger partial charge in [-0.25, -0.2) is 24.3 Å². The monoisotopic (exact) mass is 514 g/mol. The maximum Gasteiger partial charge on any atom is 0.229 e. The van der Waals surface area contributed by atoms with Gasteiger partial charge in [0.05, 0.1) is 17.2 Å². The van der Waals surface area contributed by atoms with E-state index in [1.54, 1.807) is 0 Å². The van der Waals surface area contributed by atoms with Gasteiger partial charge in [-0.1, -0.05) is 6.07 Å². The zero-order valence-electron chi connectivity index (χ0n) is 22.8. The SMILES string of the molecule is Cc1nc(Nc2ncc(F)c(-c3cc(C)c4nc5n(c4c3)C(C)(C)CC5)n2)ccc1CN1CCN(C)CC1. The Kier molecular flexibility index (Phi) is 6.15. The van der Waals surface area contributed by atoms with Crippen molar-refractivity contribution in [1.29, 1.82) is 0 Å². The molecular weight excluding hydrogens is 479 g/mol. The molecule has 0 bridgehead atoms. The molecule has 0 saturated carbocycles. The molecule has 0 unspecified atom stereocenters.